The van der Waals surface area contributed by atoms with Crippen LogP contribution in [0.3, 0.4) is 0 Å². The molecule has 0 bridgehead atoms. The highest BCUT2D eigenvalue weighted by Gasteiger charge is 2.38. The molecular weight excluding hydrogens is 210 g/mol. The number of thiol groups is 2. The van der Waals surface area contributed by atoms with E-state index in [1.807, 2.05) is 0 Å². The molecule has 76 valence electrons. The summed E-state index contributed by atoms with van der Waals surface area (Å²) in [5.74, 6) is -1.08. The van der Waals surface area contributed by atoms with Gasteiger partial charge in [0.05, 0.1) is 0 Å². The largest absolute Gasteiger partial charge is 0.369 e. The maximum absolute atomic E-state index is 10.8. The number of carbonyl (C=O) groups excluding carboxylic acids is 1. The molecule has 4 nitrogen and oxygen atoms in total. The van der Waals surface area contributed by atoms with Crippen molar-refractivity contribution in [1.82, 2.24) is 0 Å². The van der Waals surface area contributed by atoms with Crippen LogP contribution in [0.25, 0.3) is 0 Å². The number of rotatable bonds is 3. The van der Waals surface area contributed by atoms with Crippen molar-refractivity contribution < 1.29 is 13.2 Å². The molecule has 1 saturated carbocycles. The minimum absolute atomic E-state index is 0.0694. The lowest BCUT2D eigenvalue weighted by Gasteiger charge is -2.34. The number of amides is 1. The number of hydrogen-bond acceptors (Lipinski definition) is 5. The fraction of sp³-hybridized carbons (Fsp3) is 0.857. The summed E-state index contributed by atoms with van der Waals surface area (Å²) in [6.07, 6.45) is 2.51. The molecule has 0 spiro atoms. The van der Waals surface area contributed by atoms with E-state index in [1.165, 1.54) is 0 Å². The van der Waals surface area contributed by atoms with E-state index in [2.05, 4.69) is 25.8 Å². The van der Waals surface area contributed by atoms with Gasteiger partial charge in [-0.15, -0.1) is 0 Å². The van der Waals surface area contributed by atoms with Crippen molar-refractivity contribution in [1.29, 1.82) is 0 Å². The normalized spacial score (nSPS) is 22.9. The minimum Gasteiger partial charge on any atom is -0.369 e. The second-order valence-corrected chi connectivity index (χ2v) is 3.64. The molecule has 1 amide bonds. The van der Waals surface area contributed by atoms with E-state index in [-0.39, 0.29) is 11.8 Å². The maximum Gasteiger partial charge on any atom is 0.220 e. The van der Waals surface area contributed by atoms with Crippen LogP contribution in [0.15, 0.2) is 0 Å². The van der Waals surface area contributed by atoms with E-state index in [1.54, 1.807) is 0 Å². The summed E-state index contributed by atoms with van der Waals surface area (Å²) in [4.78, 5) is 10.8. The molecule has 1 aliphatic carbocycles. The van der Waals surface area contributed by atoms with Crippen molar-refractivity contribution in [2.45, 2.75) is 31.5 Å². The SMILES string of the molecule is NC(=O)C1CCC(OS)(OS)CC1. The van der Waals surface area contributed by atoms with Crippen LogP contribution in [0, 0.1) is 5.92 Å². The van der Waals surface area contributed by atoms with Crippen molar-refractivity contribution in [3.8, 4) is 0 Å². The Bertz CT molecular complexity index is 186. The van der Waals surface area contributed by atoms with Crippen LogP contribution in [-0.2, 0) is 13.2 Å². The number of carbonyl (C=O) groups is 1. The second kappa shape index (κ2) is 4.54. The predicted octanol–water partition coefficient (Wildman–Crippen LogP) is 1.08. The first-order valence-corrected chi connectivity index (χ1v) is 4.81. The van der Waals surface area contributed by atoms with Gasteiger partial charge in [0.15, 0.2) is 5.79 Å². The molecule has 0 unspecified atom stereocenters. The van der Waals surface area contributed by atoms with Gasteiger partial charge in [-0.05, 0) is 38.7 Å². The quantitative estimate of drug-likeness (QED) is 0.381. The lowest BCUT2D eigenvalue weighted by Crippen LogP contribution is -2.38. The predicted molar refractivity (Wildman–Crippen MR) is 54.0 cm³/mol. The molecule has 0 radical (unpaired) electrons. The topological polar surface area (TPSA) is 61.6 Å². The first-order valence-electron chi connectivity index (χ1n) is 4.08. The van der Waals surface area contributed by atoms with Crippen LogP contribution in [0.1, 0.15) is 25.7 Å². The molecule has 13 heavy (non-hydrogen) atoms. The van der Waals surface area contributed by atoms with Gasteiger partial charge >= 0.3 is 0 Å². The van der Waals surface area contributed by atoms with Gasteiger partial charge in [0.2, 0.25) is 5.91 Å². The van der Waals surface area contributed by atoms with Crippen molar-refractivity contribution in [2.24, 2.45) is 11.7 Å². The molecule has 0 atom stereocenters. The Morgan fingerprint density at radius 2 is 1.77 bits per heavy atom. The minimum atomic E-state index is -0.752. The van der Waals surface area contributed by atoms with Crippen LogP contribution in [0.2, 0.25) is 0 Å². The average molecular weight is 223 g/mol. The van der Waals surface area contributed by atoms with Gasteiger partial charge in [-0.1, -0.05) is 0 Å². The third-order valence-corrected chi connectivity index (χ3v) is 3.15. The molecule has 0 aliphatic heterocycles. The third-order valence-electron chi connectivity index (χ3n) is 2.48. The standard InChI is InChI=1S/C7H13NO3S2/c8-6(9)5-1-3-7(10-12,11-13)4-2-5/h5,12-13H,1-4H2,(H2,8,9). The smallest absolute Gasteiger partial charge is 0.220 e. The zero-order valence-corrected chi connectivity index (χ0v) is 8.89. The van der Waals surface area contributed by atoms with E-state index >= 15 is 0 Å². The zero-order chi connectivity index (χ0) is 9.90. The molecule has 0 aromatic carbocycles. The number of hydrogen-bond donors (Lipinski definition) is 3. The van der Waals surface area contributed by atoms with Crippen LogP contribution < -0.4 is 5.73 Å². The molecule has 1 rings (SSSR count). The van der Waals surface area contributed by atoms with Crippen molar-refractivity contribution >= 4 is 31.7 Å². The Kier molecular flexibility index (Phi) is 3.90. The summed E-state index contributed by atoms with van der Waals surface area (Å²) in [5.41, 5.74) is 5.18. The highest BCUT2D eigenvalue weighted by Crippen LogP contribution is 2.37. The Hall–Kier alpha value is 0.0900. The van der Waals surface area contributed by atoms with Gasteiger partial charge in [0.1, 0.15) is 0 Å². The van der Waals surface area contributed by atoms with E-state index in [9.17, 15) is 4.79 Å². The van der Waals surface area contributed by atoms with Crippen LogP contribution in [0.5, 0.6) is 0 Å². The molecule has 0 saturated heterocycles. The summed E-state index contributed by atoms with van der Waals surface area (Å²) in [6, 6.07) is 0. The Morgan fingerprint density at radius 1 is 1.31 bits per heavy atom. The lowest BCUT2D eigenvalue weighted by molar-refractivity contribution is -0.135. The Morgan fingerprint density at radius 3 is 2.08 bits per heavy atom. The number of primary amides is 1. The third kappa shape index (κ3) is 2.52. The van der Waals surface area contributed by atoms with Crippen LogP contribution >= 0.6 is 25.8 Å². The molecule has 0 heterocycles. The summed E-state index contributed by atoms with van der Waals surface area (Å²) in [7, 11) is 0. The zero-order valence-electron chi connectivity index (χ0n) is 7.10. The highest BCUT2D eigenvalue weighted by atomic mass is 32.1. The van der Waals surface area contributed by atoms with E-state index in [0.717, 1.165) is 0 Å². The average Bonchev–Trinajstić information content (AvgIpc) is 2.18. The Balaban J connectivity index is 2.50. The van der Waals surface area contributed by atoms with Gasteiger partial charge in [0, 0.05) is 18.8 Å². The van der Waals surface area contributed by atoms with Gasteiger partial charge in [-0.3, -0.25) is 13.2 Å². The second-order valence-electron chi connectivity index (χ2n) is 3.27. The van der Waals surface area contributed by atoms with Crippen molar-refractivity contribution in [3.05, 3.63) is 0 Å². The fourth-order valence-electron chi connectivity index (χ4n) is 1.54. The molecule has 1 aliphatic rings. The first kappa shape index (κ1) is 11.2. The molecule has 1 fully saturated rings. The number of nitrogens with two attached hydrogens (primary N) is 1. The van der Waals surface area contributed by atoms with E-state index < -0.39 is 5.79 Å². The van der Waals surface area contributed by atoms with Gasteiger partial charge in [-0.25, -0.2) is 0 Å². The summed E-state index contributed by atoms with van der Waals surface area (Å²) in [5, 5.41) is 0. The summed E-state index contributed by atoms with van der Waals surface area (Å²) >= 11 is 7.44. The molecule has 0 aromatic heterocycles. The highest BCUT2D eigenvalue weighted by molar-refractivity contribution is 7.75. The summed E-state index contributed by atoms with van der Waals surface area (Å²) in [6.45, 7) is 0. The van der Waals surface area contributed by atoms with Crippen molar-refractivity contribution in [3.63, 3.8) is 0 Å². The van der Waals surface area contributed by atoms with Gasteiger partial charge in [0.25, 0.3) is 0 Å². The maximum atomic E-state index is 10.8. The van der Waals surface area contributed by atoms with Gasteiger partial charge in [-0.2, -0.15) is 0 Å². The monoisotopic (exact) mass is 223 g/mol. The van der Waals surface area contributed by atoms with Gasteiger partial charge < -0.3 is 5.73 Å². The van der Waals surface area contributed by atoms with Crippen LogP contribution in [-0.4, -0.2) is 11.7 Å². The molecule has 2 N–H and O–H groups in total. The first-order chi connectivity index (χ1) is 6.13. The Labute approximate surface area is 88.4 Å². The van der Waals surface area contributed by atoms with E-state index in [0.29, 0.717) is 25.7 Å². The summed E-state index contributed by atoms with van der Waals surface area (Å²) < 4.78 is 9.80. The lowest BCUT2D eigenvalue weighted by atomic mass is 9.85. The van der Waals surface area contributed by atoms with E-state index in [4.69, 9.17) is 14.1 Å². The van der Waals surface area contributed by atoms with Crippen LogP contribution in [0.4, 0.5) is 0 Å². The van der Waals surface area contributed by atoms with Crippen molar-refractivity contribution in [2.75, 3.05) is 0 Å². The molecule has 0 aromatic rings. The molecular formula is C7H13NO3S2. The fourth-order valence-corrected chi connectivity index (χ4v) is 2.04. The molecule has 6 heteroatoms.